The van der Waals surface area contributed by atoms with Gasteiger partial charge in [0.15, 0.2) is 11.4 Å². The van der Waals surface area contributed by atoms with Crippen LogP contribution in [-0.2, 0) is 4.79 Å². The van der Waals surface area contributed by atoms with Gasteiger partial charge in [-0.2, -0.15) is 0 Å². The molecule has 3 aromatic rings. The quantitative estimate of drug-likeness (QED) is 0.519. The minimum Gasteiger partial charge on any atom is -0.454 e. The van der Waals surface area contributed by atoms with E-state index in [1.54, 1.807) is 0 Å². The molecule has 1 fully saturated rings. The van der Waals surface area contributed by atoms with Gasteiger partial charge in [-0.25, -0.2) is 4.98 Å². The fraction of sp³-hybridized carbons (Fsp3) is 0.407. The van der Waals surface area contributed by atoms with Crippen molar-refractivity contribution in [1.29, 1.82) is 0 Å². The second kappa shape index (κ2) is 9.29. The van der Waals surface area contributed by atoms with Crippen LogP contribution < -0.4 is 10.2 Å². The third-order valence-electron chi connectivity index (χ3n) is 6.03. The van der Waals surface area contributed by atoms with E-state index in [0.29, 0.717) is 35.4 Å². The molecule has 0 spiro atoms. The van der Waals surface area contributed by atoms with Gasteiger partial charge in [0.05, 0.1) is 5.57 Å². The van der Waals surface area contributed by atoms with Gasteiger partial charge in [-0.3, -0.25) is 4.79 Å². The average molecular weight is 432 g/mol. The van der Waals surface area contributed by atoms with E-state index in [0.717, 1.165) is 41.8 Å². The maximum Gasteiger partial charge on any atom is 0.166 e. The summed E-state index contributed by atoms with van der Waals surface area (Å²) in [6.07, 6.45) is 3.26. The Morgan fingerprint density at radius 3 is 2.59 bits per heavy atom. The van der Waals surface area contributed by atoms with Crippen molar-refractivity contribution in [3.8, 4) is 0 Å². The van der Waals surface area contributed by atoms with Crippen LogP contribution in [0.25, 0.3) is 22.7 Å². The summed E-state index contributed by atoms with van der Waals surface area (Å²) >= 11 is 0. The maximum atomic E-state index is 13.0. The number of aryl methyl sites for hydroxylation is 2. The van der Waals surface area contributed by atoms with Crippen molar-refractivity contribution in [2.45, 2.75) is 59.5 Å². The molecule has 4 rings (SSSR count). The molecular weight excluding hydrogens is 398 g/mol. The van der Waals surface area contributed by atoms with E-state index in [-0.39, 0.29) is 5.78 Å². The Morgan fingerprint density at radius 2 is 1.91 bits per heavy atom. The molecule has 0 bridgehead atoms. The number of rotatable bonds is 6. The lowest BCUT2D eigenvalue weighted by atomic mass is 9.98. The van der Waals surface area contributed by atoms with E-state index < -0.39 is 0 Å². The van der Waals surface area contributed by atoms with Crippen molar-refractivity contribution in [2.24, 2.45) is 0 Å². The van der Waals surface area contributed by atoms with Crippen molar-refractivity contribution in [2.75, 3.05) is 18.0 Å². The Hall–Kier alpha value is -2.92. The Bertz CT molecular complexity index is 1150. The van der Waals surface area contributed by atoms with Crippen LogP contribution in [0, 0.1) is 13.8 Å². The van der Waals surface area contributed by atoms with Gasteiger partial charge in [0, 0.05) is 49.0 Å². The number of anilines is 1. The first-order chi connectivity index (χ1) is 15.3. The molecule has 3 heterocycles. The number of aromatic nitrogens is 1. The van der Waals surface area contributed by atoms with E-state index in [1.807, 2.05) is 38.1 Å². The predicted octanol–water partition coefficient (Wildman–Crippen LogP) is 5.54. The van der Waals surface area contributed by atoms with Crippen LogP contribution in [0.4, 0.5) is 5.69 Å². The number of allylic oxidation sites excluding steroid dienone is 1. The molecule has 5 nitrogen and oxygen atoms in total. The highest BCUT2D eigenvalue weighted by Gasteiger charge is 2.22. The van der Waals surface area contributed by atoms with Crippen LogP contribution in [0.2, 0.25) is 0 Å². The van der Waals surface area contributed by atoms with E-state index in [4.69, 9.17) is 4.42 Å². The fourth-order valence-electron chi connectivity index (χ4n) is 4.52. The number of pyridine rings is 1. The van der Waals surface area contributed by atoms with Crippen LogP contribution in [0.1, 0.15) is 56.2 Å². The topological polar surface area (TPSA) is 58.4 Å². The number of nitrogens with one attached hydrogen (secondary N) is 1. The first-order valence-corrected chi connectivity index (χ1v) is 11.6. The lowest BCUT2D eigenvalue weighted by Crippen LogP contribution is -2.54. The highest BCUT2D eigenvalue weighted by Crippen LogP contribution is 2.29. The van der Waals surface area contributed by atoms with Crippen LogP contribution in [0.5, 0.6) is 0 Å². The summed E-state index contributed by atoms with van der Waals surface area (Å²) in [6, 6.07) is 13.1. The SMILES string of the molecule is CCCC(=O)/C(=C\c1ccc(N2CC(C)N[C@@H](C)C2)cc1C)c1cc2nc(C)ccc2o1. The third-order valence-corrected chi connectivity index (χ3v) is 6.03. The van der Waals surface area contributed by atoms with Gasteiger partial charge < -0.3 is 14.6 Å². The first kappa shape index (κ1) is 22.3. The molecular formula is C27H33N3O2. The zero-order valence-corrected chi connectivity index (χ0v) is 19.7. The van der Waals surface area contributed by atoms with Gasteiger partial charge in [-0.05, 0) is 75.6 Å². The minimum absolute atomic E-state index is 0.0940. The van der Waals surface area contributed by atoms with Gasteiger partial charge in [0.2, 0.25) is 0 Å². The number of carbonyl (C=O) groups is 1. The first-order valence-electron chi connectivity index (χ1n) is 11.6. The van der Waals surface area contributed by atoms with Crippen LogP contribution in [-0.4, -0.2) is 35.9 Å². The lowest BCUT2D eigenvalue weighted by Gasteiger charge is -2.38. The third kappa shape index (κ3) is 4.78. The van der Waals surface area contributed by atoms with Gasteiger partial charge in [0.25, 0.3) is 0 Å². The van der Waals surface area contributed by atoms with Gasteiger partial charge in [-0.15, -0.1) is 0 Å². The number of fused-ring (bicyclic) bond motifs is 1. The number of ketones is 1. The van der Waals surface area contributed by atoms with E-state index in [1.165, 1.54) is 5.69 Å². The predicted molar refractivity (Wildman–Crippen MR) is 132 cm³/mol. The Balaban J connectivity index is 1.70. The molecule has 1 N–H and O–H groups in total. The molecule has 2 atom stereocenters. The molecule has 1 unspecified atom stereocenters. The highest BCUT2D eigenvalue weighted by atomic mass is 16.3. The monoisotopic (exact) mass is 431 g/mol. The van der Waals surface area contributed by atoms with Gasteiger partial charge >= 0.3 is 0 Å². The molecule has 1 saturated heterocycles. The smallest absolute Gasteiger partial charge is 0.166 e. The summed E-state index contributed by atoms with van der Waals surface area (Å²) in [6.45, 7) is 12.5. The second-order valence-electron chi connectivity index (χ2n) is 9.09. The molecule has 0 radical (unpaired) electrons. The molecule has 1 aliphatic rings. The summed E-state index contributed by atoms with van der Waals surface area (Å²) in [4.78, 5) is 20.0. The molecule has 5 heteroatoms. The van der Waals surface area contributed by atoms with E-state index in [9.17, 15) is 4.79 Å². The molecule has 32 heavy (non-hydrogen) atoms. The number of benzene rings is 1. The molecule has 0 aliphatic carbocycles. The number of carbonyl (C=O) groups excluding carboxylic acids is 1. The molecule has 1 aliphatic heterocycles. The van der Waals surface area contributed by atoms with Crippen LogP contribution >= 0.6 is 0 Å². The zero-order valence-electron chi connectivity index (χ0n) is 19.7. The Morgan fingerprint density at radius 1 is 1.16 bits per heavy atom. The van der Waals surface area contributed by atoms with Gasteiger partial charge in [-0.1, -0.05) is 13.0 Å². The van der Waals surface area contributed by atoms with Crippen molar-refractivity contribution >= 4 is 34.2 Å². The largest absolute Gasteiger partial charge is 0.454 e. The number of hydrogen-bond acceptors (Lipinski definition) is 5. The van der Waals surface area contributed by atoms with Crippen LogP contribution in [0.15, 0.2) is 40.8 Å². The van der Waals surface area contributed by atoms with E-state index >= 15 is 0 Å². The number of hydrogen-bond donors (Lipinski definition) is 1. The maximum absolute atomic E-state index is 13.0. The molecule has 1 aromatic carbocycles. The molecule has 2 aromatic heterocycles. The van der Waals surface area contributed by atoms with E-state index in [2.05, 4.69) is 54.2 Å². The molecule has 0 amide bonds. The fourth-order valence-corrected chi connectivity index (χ4v) is 4.52. The number of piperazine rings is 1. The van der Waals surface area contributed by atoms with Crippen molar-refractivity contribution in [3.63, 3.8) is 0 Å². The summed E-state index contributed by atoms with van der Waals surface area (Å²) in [7, 11) is 0. The number of furan rings is 1. The summed E-state index contributed by atoms with van der Waals surface area (Å²) in [5.74, 6) is 0.682. The minimum atomic E-state index is 0.0940. The van der Waals surface area contributed by atoms with Crippen molar-refractivity contribution in [1.82, 2.24) is 10.3 Å². The number of nitrogens with zero attached hydrogens (tertiary/aromatic N) is 2. The van der Waals surface area contributed by atoms with Crippen molar-refractivity contribution in [3.05, 3.63) is 59.0 Å². The Kier molecular flexibility index (Phi) is 6.47. The summed E-state index contributed by atoms with van der Waals surface area (Å²) < 4.78 is 6.04. The molecule has 0 saturated carbocycles. The highest BCUT2D eigenvalue weighted by molar-refractivity contribution is 6.25. The summed E-state index contributed by atoms with van der Waals surface area (Å²) in [5, 5.41) is 3.58. The average Bonchev–Trinajstić information content (AvgIpc) is 3.15. The van der Waals surface area contributed by atoms with Crippen molar-refractivity contribution < 1.29 is 9.21 Å². The van der Waals surface area contributed by atoms with Crippen LogP contribution in [0.3, 0.4) is 0 Å². The summed E-state index contributed by atoms with van der Waals surface area (Å²) in [5.41, 5.74) is 6.44. The lowest BCUT2D eigenvalue weighted by molar-refractivity contribution is -0.113. The number of Topliss-reactive ketones (excluding diaryl/α,β-unsaturated/α-hetero) is 1. The zero-order chi connectivity index (χ0) is 22.8. The molecule has 168 valence electrons. The van der Waals surface area contributed by atoms with Gasteiger partial charge in [0.1, 0.15) is 11.3 Å². The Labute approximate surface area is 190 Å². The normalized spacial score (nSPS) is 19.5. The second-order valence-corrected chi connectivity index (χ2v) is 9.09. The standard InChI is InChI=1S/C27H33N3O2/c1-6-7-25(31)23(27-14-24-26(32-27)11-8-18(3)29-24)13-21-9-10-22(12-17(21)2)30-15-19(4)28-20(5)16-30/h8-14,19-20,28H,6-7,15-16H2,1-5H3/b23-13+/t19-,20?/m0/s1.